The van der Waals surface area contributed by atoms with Crippen LogP contribution in [0.5, 0.6) is 0 Å². The highest BCUT2D eigenvalue weighted by Crippen LogP contribution is 2.13. The molecule has 1 aromatic rings. The maximum Gasteiger partial charge on any atom is 0.182 e. The van der Waals surface area contributed by atoms with E-state index in [0.29, 0.717) is 13.2 Å². The molecule has 0 radical (unpaired) electrons. The summed E-state index contributed by atoms with van der Waals surface area (Å²) >= 11 is 0. The molecule has 1 aliphatic heterocycles. The summed E-state index contributed by atoms with van der Waals surface area (Å²) in [7, 11) is 0. The number of carbonyl (C=O) groups is 1. The zero-order valence-electron chi connectivity index (χ0n) is 9.75. The first-order chi connectivity index (χ1) is 7.68. The average molecular weight is 219 g/mol. The molecule has 2 rings (SSSR count). The summed E-state index contributed by atoms with van der Waals surface area (Å²) < 4.78 is 5.30. The molecule has 0 aliphatic carbocycles. The molecular formula is C13H17NO2. The molecule has 1 aliphatic rings. The van der Waals surface area contributed by atoms with Gasteiger partial charge in [0.15, 0.2) is 5.78 Å². The molecule has 0 spiro atoms. The van der Waals surface area contributed by atoms with Crippen LogP contribution in [0.1, 0.15) is 21.5 Å². The van der Waals surface area contributed by atoms with Crippen molar-refractivity contribution in [1.82, 2.24) is 5.32 Å². The third-order valence-corrected chi connectivity index (χ3v) is 2.89. The van der Waals surface area contributed by atoms with Crippen molar-refractivity contribution in [1.29, 1.82) is 0 Å². The Balaban J connectivity index is 2.19. The Kier molecular flexibility index (Phi) is 3.36. The Bertz CT molecular complexity index is 395. The van der Waals surface area contributed by atoms with Crippen molar-refractivity contribution in [3.8, 4) is 0 Å². The van der Waals surface area contributed by atoms with Crippen molar-refractivity contribution in [2.75, 3.05) is 19.8 Å². The highest BCUT2D eigenvalue weighted by atomic mass is 16.5. The predicted molar refractivity (Wildman–Crippen MR) is 62.9 cm³/mol. The van der Waals surface area contributed by atoms with Gasteiger partial charge in [-0.05, 0) is 19.4 Å². The van der Waals surface area contributed by atoms with Crippen molar-refractivity contribution in [2.45, 2.75) is 19.9 Å². The largest absolute Gasteiger partial charge is 0.378 e. The van der Waals surface area contributed by atoms with Gasteiger partial charge in [-0.1, -0.05) is 23.8 Å². The van der Waals surface area contributed by atoms with Crippen LogP contribution in [0.3, 0.4) is 0 Å². The summed E-state index contributed by atoms with van der Waals surface area (Å²) in [5.74, 6) is 0.136. The van der Waals surface area contributed by atoms with Crippen LogP contribution >= 0.6 is 0 Å². The molecule has 1 N–H and O–H groups in total. The minimum absolute atomic E-state index is 0.136. The van der Waals surface area contributed by atoms with E-state index in [4.69, 9.17) is 4.74 Å². The molecule has 1 heterocycles. The quantitative estimate of drug-likeness (QED) is 0.766. The maximum absolute atomic E-state index is 12.2. The van der Waals surface area contributed by atoms with Gasteiger partial charge in [0, 0.05) is 12.1 Å². The highest BCUT2D eigenvalue weighted by molar-refractivity contribution is 6.01. The van der Waals surface area contributed by atoms with Crippen LogP contribution in [-0.2, 0) is 4.74 Å². The van der Waals surface area contributed by atoms with Crippen LogP contribution in [0.25, 0.3) is 0 Å². The first-order valence-corrected chi connectivity index (χ1v) is 5.61. The van der Waals surface area contributed by atoms with Gasteiger partial charge in [0.1, 0.15) is 0 Å². The third-order valence-electron chi connectivity index (χ3n) is 2.89. The SMILES string of the molecule is Cc1ccc(C(=O)C2COCCN2)c(C)c1. The molecule has 16 heavy (non-hydrogen) atoms. The number of benzene rings is 1. The Hall–Kier alpha value is -1.19. The van der Waals surface area contributed by atoms with E-state index in [1.165, 1.54) is 5.56 Å². The van der Waals surface area contributed by atoms with E-state index in [-0.39, 0.29) is 11.8 Å². The van der Waals surface area contributed by atoms with E-state index in [1.54, 1.807) is 0 Å². The van der Waals surface area contributed by atoms with Crippen molar-refractivity contribution in [2.24, 2.45) is 0 Å². The Morgan fingerprint density at radius 1 is 1.44 bits per heavy atom. The highest BCUT2D eigenvalue weighted by Gasteiger charge is 2.23. The van der Waals surface area contributed by atoms with E-state index in [1.807, 2.05) is 32.0 Å². The summed E-state index contributed by atoms with van der Waals surface area (Å²) in [6, 6.07) is 5.74. The lowest BCUT2D eigenvalue weighted by Crippen LogP contribution is -2.46. The number of Topliss-reactive ketones (excluding diaryl/α,β-unsaturated/α-hetero) is 1. The summed E-state index contributed by atoms with van der Waals surface area (Å²) in [6.07, 6.45) is 0. The molecule has 1 fully saturated rings. The van der Waals surface area contributed by atoms with Gasteiger partial charge in [-0.2, -0.15) is 0 Å². The molecule has 3 heteroatoms. The van der Waals surface area contributed by atoms with Crippen LogP contribution in [0.15, 0.2) is 18.2 Å². The molecule has 1 atom stereocenters. The van der Waals surface area contributed by atoms with Gasteiger partial charge >= 0.3 is 0 Å². The van der Waals surface area contributed by atoms with Crippen molar-refractivity contribution < 1.29 is 9.53 Å². The van der Waals surface area contributed by atoms with E-state index >= 15 is 0 Å². The number of ether oxygens (including phenoxy) is 1. The van der Waals surface area contributed by atoms with E-state index in [2.05, 4.69) is 5.32 Å². The number of nitrogens with one attached hydrogen (secondary N) is 1. The molecule has 0 aromatic heterocycles. The smallest absolute Gasteiger partial charge is 0.182 e. The van der Waals surface area contributed by atoms with Crippen LogP contribution < -0.4 is 5.32 Å². The molecule has 1 saturated heterocycles. The van der Waals surface area contributed by atoms with Gasteiger partial charge in [0.25, 0.3) is 0 Å². The molecule has 1 aromatic carbocycles. The molecule has 3 nitrogen and oxygen atoms in total. The predicted octanol–water partition coefficient (Wildman–Crippen LogP) is 1.47. The topological polar surface area (TPSA) is 38.3 Å². The van der Waals surface area contributed by atoms with Gasteiger partial charge in [0.2, 0.25) is 0 Å². The summed E-state index contributed by atoms with van der Waals surface area (Å²) in [5, 5.41) is 3.18. The summed E-state index contributed by atoms with van der Waals surface area (Å²) in [4.78, 5) is 12.2. The van der Waals surface area contributed by atoms with Crippen molar-refractivity contribution in [3.05, 3.63) is 34.9 Å². The third kappa shape index (κ3) is 2.31. The second-order valence-electron chi connectivity index (χ2n) is 4.26. The fraction of sp³-hybridized carbons (Fsp3) is 0.462. The Morgan fingerprint density at radius 3 is 2.88 bits per heavy atom. The lowest BCUT2D eigenvalue weighted by Gasteiger charge is -2.23. The van der Waals surface area contributed by atoms with Crippen LogP contribution in [-0.4, -0.2) is 31.6 Å². The molecule has 0 bridgehead atoms. The monoisotopic (exact) mass is 219 g/mol. The van der Waals surface area contributed by atoms with E-state index < -0.39 is 0 Å². The summed E-state index contributed by atoms with van der Waals surface area (Å²) in [5.41, 5.74) is 3.02. The number of carbonyl (C=O) groups excluding carboxylic acids is 1. The van der Waals surface area contributed by atoms with Gasteiger partial charge in [-0.25, -0.2) is 0 Å². The zero-order valence-corrected chi connectivity index (χ0v) is 9.75. The maximum atomic E-state index is 12.2. The molecule has 86 valence electrons. The first-order valence-electron chi connectivity index (χ1n) is 5.61. The molecule has 0 amide bonds. The number of ketones is 1. The second-order valence-corrected chi connectivity index (χ2v) is 4.26. The van der Waals surface area contributed by atoms with Crippen LogP contribution in [0.4, 0.5) is 0 Å². The number of hydrogen-bond acceptors (Lipinski definition) is 3. The van der Waals surface area contributed by atoms with Gasteiger partial charge in [-0.3, -0.25) is 4.79 Å². The zero-order chi connectivity index (χ0) is 11.5. The van der Waals surface area contributed by atoms with E-state index in [9.17, 15) is 4.79 Å². The fourth-order valence-electron chi connectivity index (χ4n) is 2.01. The number of aryl methyl sites for hydroxylation is 2. The number of hydrogen-bond donors (Lipinski definition) is 1. The standard InChI is InChI=1S/C13H17NO2/c1-9-3-4-11(10(2)7-9)13(15)12-8-16-6-5-14-12/h3-4,7,12,14H,5-6,8H2,1-2H3. The Labute approximate surface area is 95.8 Å². The van der Waals surface area contributed by atoms with Crippen molar-refractivity contribution >= 4 is 5.78 Å². The van der Waals surface area contributed by atoms with Crippen molar-refractivity contribution in [3.63, 3.8) is 0 Å². The fourth-order valence-corrected chi connectivity index (χ4v) is 2.01. The summed E-state index contributed by atoms with van der Waals surface area (Å²) in [6.45, 7) is 5.93. The average Bonchev–Trinajstić information content (AvgIpc) is 2.29. The number of morpholine rings is 1. The molecule has 0 saturated carbocycles. The van der Waals surface area contributed by atoms with Crippen LogP contribution in [0.2, 0.25) is 0 Å². The van der Waals surface area contributed by atoms with E-state index in [0.717, 1.165) is 17.7 Å². The minimum atomic E-state index is -0.185. The molecule has 1 unspecified atom stereocenters. The van der Waals surface area contributed by atoms with Gasteiger partial charge in [-0.15, -0.1) is 0 Å². The minimum Gasteiger partial charge on any atom is -0.378 e. The second kappa shape index (κ2) is 4.76. The van der Waals surface area contributed by atoms with Gasteiger partial charge in [0.05, 0.1) is 19.3 Å². The normalized spacial score (nSPS) is 20.8. The first kappa shape index (κ1) is 11.3. The van der Waals surface area contributed by atoms with Gasteiger partial charge < -0.3 is 10.1 Å². The Morgan fingerprint density at radius 2 is 2.25 bits per heavy atom. The number of rotatable bonds is 2. The lowest BCUT2D eigenvalue weighted by atomic mass is 9.98. The lowest BCUT2D eigenvalue weighted by molar-refractivity contribution is 0.0607. The molecular weight excluding hydrogens is 202 g/mol. The van der Waals surface area contributed by atoms with Crippen LogP contribution in [0, 0.1) is 13.8 Å².